The number of nitrogens with zero attached hydrogens (tertiary/aromatic N) is 1. The van der Waals surface area contributed by atoms with Crippen LogP contribution in [0.3, 0.4) is 0 Å². The number of imide groups is 1. The first kappa shape index (κ1) is 16.9. The zero-order chi connectivity index (χ0) is 18.5. The number of nitrogens with one attached hydrogen (secondary N) is 3. The van der Waals surface area contributed by atoms with Crippen molar-refractivity contribution in [2.45, 2.75) is 50.2 Å². The average molecular weight is 370 g/mol. The number of ether oxygens (including phenoxy) is 1. The van der Waals surface area contributed by atoms with Crippen molar-refractivity contribution in [3.8, 4) is 0 Å². The van der Waals surface area contributed by atoms with Gasteiger partial charge in [-0.25, -0.2) is 0 Å². The third-order valence-electron chi connectivity index (χ3n) is 5.95. The zero-order valence-electron chi connectivity index (χ0n) is 14.9. The van der Waals surface area contributed by atoms with E-state index in [9.17, 15) is 14.4 Å². The van der Waals surface area contributed by atoms with E-state index in [2.05, 4.69) is 16.0 Å². The lowest BCUT2D eigenvalue weighted by molar-refractivity contribution is -0.136. The Bertz CT molecular complexity index is 814. The number of fused-ring (bicyclic) bond motifs is 2. The van der Waals surface area contributed by atoms with Gasteiger partial charge >= 0.3 is 0 Å². The van der Waals surface area contributed by atoms with Crippen molar-refractivity contribution in [3.63, 3.8) is 0 Å². The number of benzene rings is 1. The number of morpholine rings is 1. The van der Waals surface area contributed by atoms with Crippen LogP contribution in [0.25, 0.3) is 0 Å². The molecule has 3 heterocycles. The third-order valence-corrected chi connectivity index (χ3v) is 5.95. The molecule has 1 aromatic carbocycles. The maximum Gasteiger partial charge on any atom is 0.255 e. The van der Waals surface area contributed by atoms with Crippen LogP contribution in [0.5, 0.6) is 0 Å². The topological polar surface area (TPSA) is 99.8 Å². The Kier molecular flexibility index (Phi) is 3.99. The molecule has 8 nitrogen and oxygen atoms in total. The largest absolute Gasteiger partial charge is 0.374 e. The third kappa shape index (κ3) is 2.84. The van der Waals surface area contributed by atoms with Crippen molar-refractivity contribution in [2.75, 3.05) is 13.2 Å². The van der Waals surface area contributed by atoms with Crippen molar-refractivity contribution >= 4 is 17.7 Å². The summed E-state index contributed by atoms with van der Waals surface area (Å²) in [7, 11) is 0. The minimum absolute atomic E-state index is 0.133. The van der Waals surface area contributed by atoms with Crippen LogP contribution in [0.1, 0.15) is 34.3 Å². The van der Waals surface area contributed by atoms with E-state index in [0.29, 0.717) is 37.2 Å². The van der Waals surface area contributed by atoms with Crippen molar-refractivity contribution in [1.82, 2.24) is 20.9 Å². The first-order valence-corrected chi connectivity index (χ1v) is 9.47. The number of piperidine rings is 1. The SMILES string of the molecule is O=C1CCC(N2Cc3c(CNC4C5NCCOC54)cccc3C2=O)C(=O)N1. The Morgan fingerprint density at radius 3 is 2.93 bits per heavy atom. The first-order valence-electron chi connectivity index (χ1n) is 9.47. The molecule has 3 aliphatic heterocycles. The van der Waals surface area contributed by atoms with E-state index in [4.69, 9.17) is 4.74 Å². The summed E-state index contributed by atoms with van der Waals surface area (Å²) in [4.78, 5) is 38.0. The standard InChI is InChI=1S/C19H22N4O4/c24-14-5-4-13(18(25)22-14)23-9-12-10(2-1-3-11(12)19(23)26)8-21-16-15-17(16)27-7-6-20-15/h1-3,13,15-17,20-21H,4-9H2,(H,22,24,25). The van der Waals surface area contributed by atoms with E-state index in [1.807, 2.05) is 18.2 Å². The van der Waals surface area contributed by atoms with E-state index in [1.54, 1.807) is 4.90 Å². The maximum atomic E-state index is 12.8. The highest BCUT2D eigenvalue weighted by Gasteiger charge is 2.52. The summed E-state index contributed by atoms with van der Waals surface area (Å²) in [6.45, 7) is 2.69. The summed E-state index contributed by atoms with van der Waals surface area (Å²) in [5, 5.41) is 9.31. The van der Waals surface area contributed by atoms with Gasteiger partial charge < -0.3 is 20.3 Å². The number of carbonyl (C=O) groups excluding carboxylic acids is 3. The van der Waals surface area contributed by atoms with Gasteiger partial charge in [-0.3, -0.25) is 19.7 Å². The molecular weight excluding hydrogens is 348 g/mol. The first-order chi connectivity index (χ1) is 13.1. The molecule has 1 aromatic rings. The van der Waals surface area contributed by atoms with Crippen LogP contribution in [0, 0.1) is 0 Å². The second kappa shape index (κ2) is 6.40. The highest BCUT2D eigenvalue weighted by molar-refractivity contribution is 6.05. The molecule has 3 amide bonds. The quantitative estimate of drug-likeness (QED) is 0.605. The molecule has 1 aliphatic carbocycles. The van der Waals surface area contributed by atoms with Crippen LogP contribution < -0.4 is 16.0 Å². The van der Waals surface area contributed by atoms with Crippen LogP contribution in [0.15, 0.2) is 18.2 Å². The fourth-order valence-electron chi connectivity index (χ4n) is 4.44. The zero-order valence-corrected chi connectivity index (χ0v) is 14.9. The van der Waals surface area contributed by atoms with Gasteiger partial charge in [0.1, 0.15) is 6.04 Å². The van der Waals surface area contributed by atoms with Gasteiger partial charge in [-0.1, -0.05) is 12.1 Å². The molecule has 3 fully saturated rings. The second-order valence-electron chi connectivity index (χ2n) is 7.57. The van der Waals surface area contributed by atoms with E-state index in [-0.39, 0.29) is 30.2 Å². The highest BCUT2D eigenvalue weighted by Crippen LogP contribution is 2.32. The fourth-order valence-corrected chi connectivity index (χ4v) is 4.44. The Morgan fingerprint density at radius 2 is 2.15 bits per heavy atom. The van der Waals surface area contributed by atoms with Crippen LogP contribution >= 0.6 is 0 Å². The second-order valence-corrected chi connectivity index (χ2v) is 7.57. The van der Waals surface area contributed by atoms with E-state index >= 15 is 0 Å². The van der Waals surface area contributed by atoms with Crippen LogP contribution in [-0.4, -0.2) is 60.0 Å². The Hall–Kier alpha value is -2.29. The summed E-state index contributed by atoms with van der Waals surface area (Å²) < 4.78 is 5.72. The van der Waals surface area contributed by atoms with E-state index in [1.165, 1.54) is 0 Å². The fraction of sp³-hybridized carbons (Fsp3) is 0.526. The molecule has 4 aliphatic rings. The van der Waals surface area contributed by atoms with Crippen molar-refractivity contribution in [1.29, 1.82) is 0 Å². The van der Waals surface area contributed by atoms with E-state index < -0.39 is 6.04 Å². The molecule has 4 atom stereocenters. The van der Waals surface area contributed by atoms with E-state index in [0.717, 1.165) is 24.3 Å². The van der Waals surface area contributed by atoms with Crippen LogP contribution in [0.2, 0.25) is 0 Å². The number of hydrogen-bond acceptors (Lipinski definition) is 6. The maximum absolute atomic E-state index is 12.8. The van der Waals surface area contributed by atoms with Gasteiger partial charge in [0, 0.05) is 31.6 Å². The molecule has 0 bridgehead atoms. The summed E-state index contributed by atoms with van der Waals surface area (Å²) in [6, 6.07) is 5.81. The molecule has 8 heteroatoms. The van der Waals surface area contributed by atoms with Gasteiger partial charge in [0.05, 0.1) is 24.8 Å². The molecule has 27 heavy (non-hydrogen) atoms. The molecule has 4 unspecified atom stereocenters. The molecule has 0 aromatic heterocycles. The molecule has 0 radical (unpaired) electrons. The molecule has 1 saturated carbocycles. The molecule has 3 N–H and O–H groups in total. The van der Waals surface area contributed by atoms with Crippen molar-refractivity contribution < 1.29 is 19.1 Å². The molecule has 2 saturated heterocycles. The number of amides is 3. The lowest BCUT2D eigenvalue weighted by Gasteiger charge is -2.29. The van der Waals surface area contributed by atoms with Gasteiger partial charge in [-0.05, 0) is 23.6 Å². The summed E-state index contributed by atoms with van der Waals surface area (Å²) in [5.74, 6) is -0.782. The Balaban J connectivity index is 1.30. The Morgan fingerprint density at radius 1 is 1.26 bits per heavy atom. The van der Waals surface area contributed by atoms with Gasteiger partial charge in [0.15, 0.2) is 0 Å². The predicted octanol–water partition coefficient (Wildman–Crippen LogP) is -0.724. The lowest BCUT2D eigenvalue weighted by atomic mass is 10.0. The van der Waals surface area contributed by atoms with Crippen LogP contribution in [0.4, 0.5) is 0 Å². The monoisotopic (exact) mass is 370 g/mol. The number of rotatable bonds is 4. The summed E-state index contributed by atoms with van der Waals surface area (Å²) in [6.07, 6.45) is 0.881. The average Bonchev–Trinajstić information content (AvgIpc) is 3.28. The van der Waals surface area contributed by atoms with Gasteiger partial charge in [0.25, 0.3) is 5.91 Å². The van der Waals surface area contributed by atoms with Crippen LogP contribution in [-0.2, 0) is 27.4 Å². The molecule has 5 rings (SSSR count). The Labute approximate surface area is 156 Å². The molecular formula is C19H22N4O4. The highest BCUT2D eigenvalue weighted by atomic mass is 16.5. The summed E-state index contributed by atoms with van der Waals surface area (Å²) >= 11 is 0. The normalized spacial score (nSPS) is 32.1. The molecule has 142 valence electrons. The predicted molar refractivity (Wildman–Crippen MR) is 94.6 cm³/mol. The number of carbonyl (C=O) groups is 3. The van der Waals surface area contributed by atoms with Gasteiger partial charge in [-0.15, -0.1) is 0 Å². The van der Waals surface area contributed by atoms with Crippen molar-refractivity contribution in [3.05, 3.63) is 34.9 Å². The van der Waals surface area contributed by atoms with Crippen molar-refractivity contribution in [2.24, 2.45) is 0 Å². The summed E-state index contributed by atoms with van der Waals surface area (Å²) in [5.41, 5.74) is 2.69. The smallest absolute Gasteiger partial charge is 0.255 e. The van der Waals surface area contributed by atoms with Gasteiger partial charge in [0.2, 0.25) is 11.8 Å². The molecule has 0 spiro atoms. The lowest BCUT2D eigenvalue weighted by Crippen LogP contribution is -2.52. The number of hydrogen-bond donors (Lipinski definition) is 3. The minimum Gasteiger partial charge on any atom is -0.374 e. The minimum atomic E-state index is -0.577. The van der Waals surface area contributed by atoms with Gasteiger partial charge in [-0.2, -0.15) is 0 Å².